The van der Waals surface area contributed by atoms with Crippen molar-refractivity contribution in [2.24, 2.45) is 0 Å². The first-order chi connectivity index (χ1) is 23.8. The fourth-order valence-corrected chi connectivity index (χ4v) is 7.43. The minimum absolute atomic E-state index is 0.471. The molecule has 0 aliphatic heterocycles. The van der Waals surface area contributed by atoms with Gasteiger partial charge in [0, 0.05) is 44.0 Å². The number of rotatable bonds is 4. The maximum absolute atomic E-state index is 10.0. The van der Waals surface area contributed by atoms with Crippen LogP contribution in [0.1, 0.15) is 5.56 Å². The van der Waals surface area contributed by atoms with Gasteiger partial charge < -0.3 is 9.13 Å². The number of nitrogens with zero attached hydrogens (tertiary/aromatic N) is 4. The van der Waals surface area contributed by atoms with E-state index in [0.717, 1.165) is 60.9 Å². The zero-order chi connectivity index (χ0) is 32.2. The number of fused-ring (bicyclic) bond motifs is 6. The van der Waals surface area contributed by atoms with Gasteiger partial charge in [0.15, 0.2) is 5.69 Å². The molecule has 2 aromatic heterocycles. The molecule has 0 unspecified atom stereocenters. The average Bonchev–Trinajstić information content (AvgIpc) is 3.68. The standard InChI is InChI=1S/C44H26N4/c1-46-37-21-10-13-30(28-45)42(37)29-25-26-39-36(27-29)44-34(20-12-24-41(44)48(39)32-16-6-3-7-17-32)33-19-11-23-40-43(33)35-18-8-9-22-38(35)47(40)31-14-4-2-5-15-31/h2-27H. The summed E-state index contributed by atoms with van der Waals surface area (Å²) in [6.45, 7) is 7.88. The second kappa shape index (κ2) is 10.9. The van der Waals surface area contributed by atoms with Crippen LogP contribution in [0, 0.1) is 17.9 Å². The van der Waals surface area contributed by atoms with E-state index in [2.05, 4.69) is 147 Å². The van der Waals surface area contributed by atoms with E-state index in [1.807, 2.05) is 12.1 Å². The molecule has 0 saturated heterocycles. The summed E-state index contributed by atoms with van der Waals surface area (Å²) >= 11 is 0. The van der Waals surface area contributed by atoms with Crippen molar-refractivity contribution in [1.82, 2.24) is 9.13 Å². The Morgan fingerprint density at radius 1 is 0.500 bits per heavy atom. The highest BCUT2D eigenvalue weighted by atomic mass is 15.0. The van der Waals surface area contributed by atoms with Gasteiger partial charge in [-0.25, -0.2) is 4.85 Å². The van der Waals surface area contributed by atoms with Gasteiger partial charge in [-0.1, -0.05) is 97.1 Å². The molecule has 2 heterocycles. The van der Waals surface area contributed by atoms with Crippen molar-refractivity contribution in [3.8, 4) is 39.7 Å². The Labute approximate surface area is 277 Å². The van der Waals surface area contributed by atoms with Crippen LogP contribution in [0.4, 0.5) is 5.69 Å². The van der Waals surface area contributed by atoms with Gasteiger partial charge in [-0.05, 0) is 77.4 Å². The quantitative estimate of drug-likeness (QED) is 0.183. The normalized spacial score (nSPS) is 11.3. The minimum atomic E-state index is 0.471. The summed E-state index contributed by atoms with van der Waals surface area (Å²) in [6, 6.07) is 56.8. The molecule has 222 valence electrons. The predicted molar refractivity (Wildman–Crippen MR) is 197 cm³/mol. The molecule has 0 spiro atoms. The first-order valence-electron chi connectivity index (χ1n) is 15.9. The van der Waals surface area contributed by atoms with Crippen molar-refractivity contribution in [1.29, 1.82) is 5.26 Å². The van der Waals surface area contributed by atoms with Gasteiger partial charge in [0.25, 0.3) is 0 Å². The van der Waals surface area contributed by atoms with Crippen LogP contribution in [0.15, 0.2) is 158 Å². The summed E-state index contributed by atoms with van der Waals surface area (Å²) < 4.78 is 4.67. The van der Waals surface area contributed by atoms with Crippen LogP contribution in [0.5, 0.6) is 0 Å². The molecule has 7 aromatic carbocycles. The second-order valence-electron chi connectivity index (χ2n) is 11.9. The molecule has 9 rings (SSSR count). The largest absolute Gasteiger partial charge is 0.309 e. The van der Waals surface area contributed by atoms with Gasteiger partial charge in [0.2, 0.25) is 0 Å². The monoisotopic (exact) mass is 610 g/mol. The van der Waals surface area contributed by atoms with Crippen LogP contribution >= 0.6 is 0 Å². The van der Waals surface area contributed by atoms with Gasteiger partial charge in [0.1, 0.15) is 0 Å². The Kier molecular flexibility index (Phi) is 6.22. The van der Waals surface area contributed by atoms with Crippen LogP contribution in [0.2, 0.25) is 0 Å². The third-order valence-corrected chi connectivity index (χ3v) is 9.38. The predicted octanol–water partition coefficient (Wildman–Crippen LogP) is 11.6. The number of nitriles is 1. The Morgan fingerprint density at radius 3 is 1.67 bits per heavy atom. The molecule has 0 bridgehead atoms. The first-order valence-corrected chi connectivity index (χ1v) is 15.9. The lowest BCUT2D eigenvalue weighted by Gasteiger charge is -2.11. The number of hydrogen-bond acceptors (Lipinski definition) is 1. The van der Waals surface area contributed by atoms with E-state index in [0.29, 0.717) is 16.8 Å². The highest BCUT2D eigenvalue weighted by Gasteiger charge is 2.21. The Bertz CT molecular complexity index is 2760. The Morgan fingerprint density at radius 2 is 1.04 bits per heavy atom. The van der Waals surface area contributed by atoms with Crippen molar-refractivity contribution < 1.29 is 0 Å². The fraction of sp³-hybridized carbons (Fsp3) is 0. The average molecular weight is 611 g/mol. The van der Waals surface area contributed by atoms with Crippen LogP contribution in [-0.2, 0) is 0 Å². The molecule has 4 nitrogen and oxygen atoms in total. The first kappa shape index (κ1) is 27.4. The van der Waals surface area contributed by atoms with Crippen LogP contribution in [0.3, 0.4) is 0 Å². The zero-order valence-corrected chi connectivity index (χ0v) is 25.8. The molecule has 0 N–H and O–H groups in total. The summed E-state index contributed by atoms with van der Waals surface area (Å²) in [7, 11) is 0. The smallest absolute Gasteiger partial charge is 0.196 e. The van der Waals surface area contributed by atoms with Gasteiger partial charge in [-0.15, -0.1) is 0 Å². The maximum Gasteiger partial charge on any atom is 0.196 e. The number of aromatic nitrogens is 2. The minimum Gasteiger partial charge on any atom is -0.309 e. The summed E-state index contributed by atoms with van der Waals surface area (Å²) in [4.78, 5) is 3.80. The van der Waals surface area contributed by atoms with Crippen LogP contribution in [-0.4, -0.2) is 9.13 Å². The third kappa shape index (κ3) is 4.01. The summed E-state index contributed by atoms with van der Waals surface area (Å²) in [5.41, 5.74) is 11.4. The van der Waals surface area contributed by atoms with Crippen molar-refractivity contribution >= 4 is 49.3 Å². The van der Waals surface area contributed by atoms with E-state index in [1.165, 1.54) is 10.8 Å². The summed E-state index contributed by atoms with van der Waals surface area (Å²) in [5.74, 6) is 0. The fourth-order valence-electron chi connectivity index (χ4n) is 7.43. The molecule has 9 aromatic rings. The van der Waals surface area contributed by atoms with Crippen molar-refractivity contribution in [3.63, 3.8) is 0 Å². The van der Waals surface area contributed by atoms with E-state index >= 15 is 0 Å². The molecule has 0 saturated carbocycles. The maximum atomic E-state index is 10.0. The molecular formula is C44H26N4. The van der Waals surface area contributed by atoms with Crippen LogP contribution < -0.4 is 0 Å². The molecule has 48 heavy (non-hydrogen) atoms. The van der Waals surface area contributed by atoms with Gasteiger partial charge >= 0.3 is 0 Å². The molecule has 0 fully saturated rings. The van der Waals surface area contributed by atoms with E-state index in [1.54, 1.807) is 18.2 Å². The molecule has 4 heteroatoms. The van der Waals surface area contributed by atoms with Gasteiger partial charge in [0.05, 0.1) is 34.7 Å². The Balaban J connectivity index is 1.42. The SMILES string of the molecule is [C-]#[N+]c1cccc(C#N)c1-c1ccc2c(c1)c1c(-c3cccc4c3c3ccccc3n4-c3ccccc3)cccc1n2-c1ccccc1. The van der Waals surface area contributed by atoms with Crippen molar-refractivity contribution in [2.45, 2.75) is 0 Å². The summed E-state index contributed by atoms with van der Waals surface area (Å²) in [6.07, 6.45) is 0. The van der Waals surface area contributed by atoms with E-state index < -0.39 is 0 Å². The molecule has 0 radical (unpaired) electrons. The van der Waals surface area contributed by atoms with Gasteiger partial charge in [-0.2, -0.15) is 5.26 Å². The second-order valence-corrected chi connectivity index (χ2v) is 11.9. The number of benzene rings is 7. The highest BCUT2D eigenvalue weighted by Crippen LogP contribution is 2.45. The highest BCUT2D eigenvalue weighted by molar-refractivity contribution is 6.22. The lowest BCUT2D eigenvalue weighted by Crippen LogP contribution is -1.93. The number of para-hydroxylation sites is 3. The molecule has 0 aliphatic rings. The van der Waals surface area contributed by atoms with Crippen LogP contribution in [0.25, 0.3) is 82.1 Å². The molecule has 0 atom stereocenters. The summed E-state index contributed by atoms with van der Waals surface area (Å²) in [5, 5.41) is 14.6. The lowest BCUT2D eigenvalue weighted by atomic mass is 9.93. The topological polar surface area (TPSA) is 38.0 Å². The zero-order valence-electron chi connectivity index (χ0n) is 25.8. The van der Waals surface area contributed by atoms with Gasteiger partial charge in [-0.3, -0.25) is 0 Å². The van der Waals surface area contributed by atoms with E-state index in [-0.39, 0.29) is 0 Å². The molecule has 0 amide bonds. The van der Waals surface area contributed by atoms with Crippen molar-refractivity contribution in [2.75, 3.05) is 0 Å². The Hall–Kier alpha value is -6.88. The number of hydrogen-bond donors (Lipinski definition) is 0. The van der Waals surface area contributed by atoms with E-state index in [9.17, 15) is 5.26 Å². The lowest BCUT2D eigenvalue weighted by molar-refractivity contribution is 1.18. The molecule has 0 aliphatic carbocycles. The van der Waals surface area contributed by atoms with E-state index in [4.69, 9.17) is 6.57 Å². The van der Waals surface area contributed by atoms with Crippen molar-refractivity contribution in [3.05, 3.63) is 175 Å². The third-order valence-electron chi connectivity index (χ3n) is 9.38. The molecular weight excluding hydrogens is 585 g/mol.